The van der Waals surface area contributed by atoms with Crippen LogP contribution in [0.1, 0.15) is 11.6 Å². The monoisotopic (exact) mass is 274 g/mol. The second-order valence-corrected chi connectivity index (χ2v) is 4.82. The Morgan fingerprint density at radius 1 is 0.857 bits per heavy atom. The van der Waals surface area contributed by atoms with Crippen molar-refractivity contribution in [1.82, 2.24) is 0 Å². The van der Waals surface area contributed by atoms with E-state index in [-0.39, 0.29) is 0 Å². The quantitative estimate of drug-likeness (QED) is 0.724. The van der Waals surface area contributed by atoms with Gasteiger partial charge in [-0.15, -0.1) is 0 Å². The minimum atomic E-state index is -0.739. The van der Waals surface area contributed by atoms with E-state index in [0.717, 1.165) is 21.4 Å². The van der Waals surface area contributed by atoms with E-state index in [4.69, 9.17) is 0 Å². The first-order valence-electron chi connectivity index (χ1n) is 6.71. The summed E-state index contributed by atoms with van der Waals surface area (Å²) in [5.74, 6) is 0. The van der Waals surface area contributed by atoms with Crippen LogP contribution in [0.3, 0.4) is 0 Å². The van der Waals surface area contributed by atoms with Gasteiger partial charge >= 0.3 is 0 Å². The smallest absolute Gasteiger partial charge is 0.167 e. The summed E-state index contributed by atoms with van der Waals surface area (Å²) < 4.78 is 0. The number of rotatable bonds is 3. The molecular formula is C18H14N2O. The van der Waals surface area contributed by atoms with Crippen LogP contribution in [-0.4, -0.2) is 5.21 Å². The van der Waals surface area contributed by atoms with E-state index in [1.165, 1.54) is 0 Å². The summed E-state index contributed by atoms with van der Waals surface area (Å²) >= 11 is 0. The number of hydroxylamine groups is 1. The standard InChI is InChI=1S/C18H14N2O/c19-13-18(20(21)17-8-2-1-3-9-17)16-11-10-14-6-4-5-7-15(14)12-16/h1-12,18,21H. The molecular weight excluding hydrogens is 260 g/mol. The lowest BCUT2D eigenvalue weighted by atomic mass is 10.0. The first kappa shape index (κ1) is 13.2. The van der Waals surface area contributed by atoms with Crippen LogP contribution in [0.5, 0.6) is 0 Å². The van der Waals surface area contributed by atoms with Crippen LogP contribution in [0.15, 0.2) is 72.8 Å². The molecule has 0 saturated carbocycles. The van der Waals surface area contributed by atoms with Gasteiger partial charge in [-0.1, -0.05) is 54.6 Å². The first-order chi connectivity index (χ1) is 10.3. The van der Waals surface area contributed by atoms with E-state index in [0.29, 0.717) is 5.69 Å². The van der Waals surface area contributed by atoms with Crippen LogP contribution in [0.4, 0.5) is 5.69 Å². The highest BCUT2D eigenvalue weighted by Gasteiger charge is 2.19. The van der Waals surface area contributed by atoms with E-state index in [1.54, 1.807) is 12.1 Å². The predicted molar refractivity (Wildman–Crippen MR) is 83.0 cm³/mol. The summed E-state index contributed by atoms with van der Waals surface area (Å²) in [6, 6.07) is 24.2. The molecule has 0 aliphatic rings. The Labute approximate surface area is 123 Å². The topological polar surface area (TPSA) is 47.3 Å². The van der Waals surface area contributed by atoms with Crippen LogP contribution >= 0.6 is 0 Å². The second-order valence-electron chi connectivity index (χ2n) is 4.82. The third kappa shape index (κ3) is 2.58. The van der Waals surface area contributed by atoms with Gasteiger partial charge in [0.25, 0.3) is 0 Å². The molecule has 21 heavy (non-hydrogen) atoms. The minimum Gasteiger partial charge on any atom is -0.287 e. The van der Waals surface area contributed by atoms with Gasteiger partial charge in [-0.05, 0) is 34.5 Å². The largest absolute Gasteiger partial charge is 0.287 e. The number of fused-ring (bicyclic) bond motifs is 1. The summed E-state index contributed by atoms with van der Waals surface area (Å²) in [6.07, 6.45) is 0. The average Bonchev–Trinajstić information content (AvgIpc) is 2.56. The van der Waals surface area contributed by atoms with Gasteiger partial charge in [0, 0.05) is 0 Å². The highest BCUT2D eigenvalue weighted by Crippen LogP contribution is 2.27. The Morgan fingerprint density at radius 2 is 1.52 bits per heavy atom. The zero-order valence-corrected chi connectivity index (χ0v) is 11.3. The molecule has 0 amide bonds. The van der Waals surface area contributed by atoms with Gasteiger partial charge in [0.05, 0.1) is 11.8 Å². The van der Waals surface area contributed by atoms with Crippen molar-refractivity contribution in [3.05, 3.63) is 78.4 Å². The molecule has 0 heterocycles. The van der Waals surface area contributed by atoms with Crippen LogP contribution in [-0.2, 0) is 0 Å². The molecule has 102 valence electrons. The zero-order valence-electron chi connectivity index (χ0n) is 11.3. The Bertz CT molecular complexity index is 793. The lowest BCUT2D eigenvalue weighted by Crippen LogP contribution is -2.23. The molecule has 0 radical (unpaired) electrons. The molecule has 3 heteroatoms. The molecule has 3 nitrogen and oxygen atoms in total. The molecule has 0 aliphatic heterocycles. The molecule has 3 aromatic carbocycles. The van der Waals surface area contributed by atoms with Gasteiger partial charge in [0.2, 0.25) is 0 Å². The summed E-state index contributed by atoms with van der Waals surface area (Å²) in [4.78, 5) is 0. The lowest BCUT2D eigenvalue weighted by molar-refractivity contribution is 0.236. The maximum absolute atomic E-state index is 10.3. The molecule has 3 aromatic rings. The normalized spacial score (nSPS) is 11.8. The van der Waals surface area contributed by atoms with Crippen molar-refractivity contribution in [3.63, 3.8) is 0 Å². The number of benzene rings is 3. The van der Waals surface area contributed by atoms with Gasteiger partial charge in [0.1, 0.15) is 0 Å². The van der Waals surface area contributed by atoms with Crippen molar-refractivity contribution in [2.24, 2.45) is 0 Å². The Kier molecular flexibility index (Phi) is 3.55. The fourth-order valence-corrected chi connectivity index (χ4v) is 2.38. The Hall–Kier alpha value is -2.83. The number of hydrogen-bond donors (Lipinski definition) is 1. The highest BCUT2D eigenvalue weighted by molar-refractivity contribution is 5.83. The Balaban J connectivity index is 2.00. The molecule has 0 spiro atoms. The van der Waals surface area contributed by atoms with Gasteiger partial charge < -0.3 is 0 Å². The maximum Gasteiger partial charge on any atom is 0.167 e. The molecule has 0 saturated heterocycles. The fraction of sp³-hybridized carbons (Fsp3) is 0.0556. The summed E-state index contributed by atoms with van der Waals surface area (Å²) in [5, 5.41) is 22.9. The minimum absolute atomic E-state index is 0.595. The van der Waals surface area contributed by atoms with E-state index < -0.39 is 6.04 Å². The zero-order chi connectivity index (χ0) is 14.7. The third-order valence-electron chi connectivity index (χ3n) is 3.48. The molecule has 0 bridgehead atoms. The van der Waals surface area contributed by atoms with Crippen LogP contribution in [0.25, 0.3) is 10.8 Å². The molecule has 0 fully saturated rings. The highest BCUT2D eigenvalue weighted by atomic mass is 16.5. The van der Waals surface area contributed by atoms with Crippen molar-refractivity contribution < 1.29 is 5.21 Å². The molecule has 3 rings (SSSR count). The van der Waals surface area contributed by atoms with E-state index in [1.807, 2.05) is 60.7 Å². The summed E-state index contributed by atoms with van der Waals surface area (Å²) in [7, 11) is 0. The lowest BCUT2D eigenvalue weighted by Gasteiger charge is -2.22. The fourth-order valence-electron chi connectivity index (χ4n) is 2.38. The predicted octanol–water partition coefficient (Wildman–Crippen LogP) is 4.30. The SMILES string of the molecule is N#CC(c1ccc2ccccc2c1)N(O)c1ccccc1. The summed E-state index contributed by atoms with van der Waals surface area (Å²) in [6.45, 7) is 0. The molecule has 0 aliphatic carbocycles. The average molecular weight is 274 g/mol. The first-order valence-corrected chi connectivity index (χ1v) is 6.71. The van der Waals surface area contributed by atoms with Gasteiger partial charge in [-0.25, -0.2) is 5.06 Å². The van der Waals surface area contributed by atoms with E-state index >= 15 is 0 Å². The van der Waals surface area contributed by atoms with Gasteiger partial charge in [0.15, 0.2) is 6.04 Å². The summed E-state index contributed by atoms with van der Waals surface area (Å²) in [5.41, 5.74) is 1.36. The van der Waals surface area contributed by atoms with E-state index in [9.17, 15) is 10.5 Å². The number of nitrogens with zero attached hydrogens (tertiary/aromatic N) is 2. The number of hydrogen-bond acceptors (Lipinski definition) is 3. The van der Waals surface area contributed by atoms with Gasteiger partial charge in [-0.2, -0.15) is 5.26 Å². The van der Waals surface area contributed by atoms with E-state index in [2.05, 4.69) is 6.07 Å². The molecule has 1 unspecified atom stereocenters. The van der Waals surface area contributed by atoms with Crippen LogP contribution in [0.2, 0.25) is 0 Å². The molecule has 1 N–H and O–H groups in total. The van der Waals surface area contributed by atoms with Crippen LogP contribution in [0, 0.1) is 11.3 Å². The molecule has 1 atom stereocenters. The Morgan fingerprint density at radius 3 is 2.24 bits per heavy atom. The van der Waals surface area contributed by atoms with Crippen molar-refractivity contribution in [1.29, 1.82) is 5.26 Å². The third-order valence-corrected chi connectivity index (χ3v) is 3.48. The van der Waals surface area contributed by atoms with Crippen molar-refractivity contribution in [3.8, 4) is 6.07 Å². The van der Waals surface area contributed by atoms with Gasteiger partial charge in [-0.3, -0.25) is 5.21 Å². The molecule has 0 aromatic heterocycles. The van der Waals surface area contributed by atoms with Crippen LogP contribution < -0.4 is 5.06 Å². The van der Waals surface area contributed by atoms with Crippen molar-refractivity contribution >= 4 is 16.5 Å². The van der Waals surface area contributed by atoms with Crippen molar-refractivity contribution in [2.45, 2.75) is 6.04 Å². The number of nitriles is 1. The second kappa shape index (κ2) is 5.66. The van der Waals surface area contributed by atoms with Crippen molar-refractivity contribution in [2.75, 3.05) is 5.06 Å². The number of anilines is 1. The maximum atomic E-state index is 10.3. The number of para-hydroxylation sites is 1.